The fourth-order valence-corrected chi connectivity index (χ4v) is 4.72. The SMILES string of the molecule is CC(=O)Nc1cccc(N2C(=O)C(=O)/C(=C(\O)c3c[nH]c4ccccc34)C2c2ccc(N(C)C)cc2)c1. The van der Waals surface area contributed by atoms with Gasteiger partial charge in [0.2, 0.25) is 5.91 Å². The first-order valence-corrected chi connectivity index (χ1v) is 11.8. The molecule has 4 aromatic rings. The lowest BCUT2D eigenvalue weighted by Gasteiger charge is -2.26. The van der Waals surface area contributed by atoms with Gasteiger partial charge in [-0.3, -0.25) is 19.3 Å². The first-order valence-electron chi connectivity index (χ1n) is 11.8. The summed E-state index contributed by atoms with van der Waals surface area (Å²) >= 11 is 0. The number of nitrogens with zero attached hydrogens (tertiary/aromatic N) is 2. The van der Waals surface area contributed by atoms with Crippen molar-refractivity contribution in [3.05, 3.63) is 95.7 Å². The van der Waals surface area contributed by atoms with Crippen molar-refractivity contribution in [2.75, 3.05) is 29.2 Å². The summed E-state index contributed by atoms with van der Waals surface area (Å²) in [6.07, 6.45) is 1.64. The van der Waals surface area contributed by atoms with Gasteiger partial charge in [0, 0.05) is 60.7 Å². The van der Waals surface area contributed by atoms with E-state index >= 15 is 0 Å². The number of benzene rings is 3. The van der Waals surface area contributed by atoms with Gasteiger partial charge in [-0.15, -0.1) is 0 Å². The number of nitrogens with one attached hydrogen (secondary N) is 2. The molecule has 1 unspecified atom stereocenters. The minimum absolute atomic E-state index is 0.00251. The number of aliphatic hydroxyl groups excluding tert-OH is 1. The Morgan fingerprint density at radius 1 is 1.00 bits per heavy atom. The molecule has 2 amide bonds. The highest BCUT2D eigenvalue weighted by atomic mass is 16.3. The third-order valence-corrected chi connectivity index (χ3v) is 6.46. The predicted octanol–water partition coefficient (Wildman–Crippen LogP) is 4.82. The van der Waals surface area contributed by atoms with Crippen LogP contribution in [0.3, 0.4) is 0 Å². The molecule has 1 aromatic heterocycles. The van der Waals surface area contributed by atoms with Crippen molar-refractivity contribution in [3.63, 3.8) is 0 Å². The highest BCUT2D eigenvalue weighted by molar-refractivity contribution is 6.51. The lowest BCUT2D eigenvalue weighted by Crippen LogP contribution is -2.29. The summed E-state index contributed by atoms with van der Waals surface area (Å²) < 4.78 is 0. The van der Waals surface area contributed by atoms with Gasteiger partial charge >= 0.3 is 0 Å². The zero-order chi connectivity index (χ0) is 26.3. The van der Waals surface area contributed by atoms with E-state index in [4.69, 9.17) is 0 Å². The maximum absolute atomic E-state index is 13.5. The number of anilines is 3. The summed E-state index contributed by atoms with van der Waals surface area (Å²) in [5, 5.41) is 15.0. The van der Waals surface area contributed by atoms with Crippen LogP contribution in [0.2, 0.25) is 0 Å². The number of fused-ring (bicyclic) bond motifs is 1. The van der Waals surface area contributed by atoms with E-state index in [1.54, 1.807) is 30.5 Å². The molecule has 1 saturated heterocycles. The maximum atomic E-state index is 13.5. The molecule has 8 nitrogen and oxygen atoms in total. The van der Waals surface area contributed by atoms with Crippen LogP contribution in [0, 0.1) is 0 Å². The van der Waals surface area contributed by atoms with E-state index in [0.29, 0.717) is 22.5 Å². The summed E-state index contributed by atoms with van der Waals surface area (Å²) in [7, 11) is 3.84. The first-order chi connectivity index (χ1) is 17.8. The molecule has 1 atom stereocenters. The van der Waals surface area contributed by atoms with Gasteiger partial charge in [0.1, 0.15) is 5.76 Å². The summed E-state index contributed by atoms with van der Waals surface area (Å²) in [5.41, 5.74) is 3.76. The van der Waals surface area contributed by atoms with E-state index in [-0.39, 0.29) is 17.2 Å². The number of para-hydroxylation sites is 1. The third-order valence-electron chi connectivity index (χ3n) is 6.46. The number of hydrogen-bond donors (Lipinski definition) is 3. The second kappa shape index (κ2) is 9.31. The van der Waals surface area contributed by atoms with Crippen LogP contribution in [-0.2, 0) is 14.4 Å². The van der Waals surface area contributed by atoms with E-state index < -0.39 is 17.7 Å². The summed E-state index contributed by atoms with van der Waals surface area (Å²) in [5.74, 6) is -2.05. The standard InChI is InChI=1S/C29H26N4O4/c1-17(34)31-19-7-6-8-21(15-19)33-26(18-11-13-20(14-12-18)32(2)3)25(28(36)29(33)37)27(35)23-16-30-24-10-5-4-9-22(23)24/h4-16,26,30,35H,1-3H3,(H,31,34)/b27-25-. The molecular weight excluding hydrogens is 468 g/mol. The number of hydrogen-bond acceptors (Lipinski definition) is 5. The van der Waals surface area contributed by atoms with Crippen molar-refractivity contribution in [1.29, 1.82) is 0 Å². The van der Waals surface area contributed by atoms with Gasteiger partial charge in [0.25, 0.3) is 11.7 Å². The van der Waals surface area contributed by atoms with Crippen LogP contribution < -0.4 is 15.1 Å². The molecule has 8 heteroatoms. The normalized spacial score (nSPS) is 16.8. The Labute approximate surface area is 213 Å². The van der Waals surface area contributed by atoms with Crippen LogP contribution in [0.5, 0.6) is 0 Å². The Morgan fingerprint density at radius 2 is 1.73 bits per heavy atom. The average Bonchev–Trinajstić information content (AvgIpc) is 3.42. The molecule has 0 aliphatic carbocycles. The number of carbonyl (C=O) groups excluding carboxylic acids is 3. The first kappa shape index (κ1) is 23.9. The molecule has 2 heterocycles. The molecule has 0 radical (unpaired) electrons. The zero-order valence-electron chi connectivity index (χ0n) is 20.6. The summed E-state index contributed by atoms with van der Waals surface area (Å²) in [6.45, 7) is 1.40. The lowest BCUT2D eigenvalue weighted by molar-refractivity contribution is -0.132. The molecule has 3 N–H and O–H groups in total. The topological polar surface area (TPSA) is 106 Å². The van der Waals surface area contributed by atoms with E-state index in [9.17, 15) is 19.5 Å². The van der Waals surface area contributed by atoms with Crippen molar-refractivity contribution in [1.82, 2.24) is 4.98 Å². The average molecular weight is 495 g/mol. The van der Waals surface area contributed by atoms with Gasteiger partial charge in [-0.25, -0.2) is 0 Å². The molecule has 1 aliphatic rings. The van der Waals surface area contributed by atoms with Crippen molar-refractivity contribution in [3.8, 4) is 0 Å². The van der Waals surface area contributed by atoms with E-state index in [1.807, 2.05) is 67.5 Å². The van der Waals surface area contributed by atoms with Crippen LogP contribution >= 0.6 is 0 Å². The van der Waals surface area contributed by atoms with Crippen molar-refractivity contribution < 1.29 is 19.5 Å². The number of aromatic nitrogens is 1. The van der Waals surface area contributed by atoms with E-state index in [1.165, 1.54) is 11.8 Å². The molecule has 0 saturated carbocycles. The van der Waals surface area contributed by atoms with Crippen LogP contribution in [0.15, 0.2) is 84.6 Å². The number of carbonyl (C=O) groups is 3. The highest BCUT2D eigenvalue weighted by Crippen LogP contribution is 2.43. The zero-order valence-corrected chi connectivity index (χ0v) is 20.6. The van der Waals surface area contributed by atoms with Crippen LogP contribution in [0.4, 0.5) is 17.1 Å². The number of aliphatic hydroxyl groups is 1. The Hall–Kier alpha value is -4.85. The Bertz CT molecular complexity index is 1570. The fourth-order valence-electron chi connectivity index (χ4n) is 4.72. The molecule has 1 fully saturated rings. The number of Topliss-reactive ketones (excluding diaryl/α,β-unsaturated/α-hetero) is 1. The summed E-state index contributed by atoms with van der Waals surface area (Å²) in [4.78, 5) is 45.0. The van der Waals surface area contributed by atoms with Crippen LogP contribution in [0.1, 0.15) is 24.1 Å². The fraction of sp³-hybridized carbons (Fsp3) is 0.138. The van der Waals surface area contributed by atoms with Crippen LogP contribution in [-0.4, -0.2) is 41.8 Å². The number of aromatic amines is 1. The molecule has 0 bridgehead atoms. The van der Waals surface area contributed by atoms with Gasteiger partial charge in [0.05, 0.1) is 11.6 Å². The minimum atomic E-state index is -0.877. The molecule has 0 spiro atoms. The number of H-pyrrole nitrogens is 1. The summed E-state index contributed by atoms with van der Waals surface area (Å²) in [6, 6.07) is 20.8. The Kier molecular flexibility index (Phi) is 6.01. The quantitative estimate of drug-likeness (QED) is 0.210. The van der Waals surface area contributed by atoms with Gasteiger partial charge in [-0.05, 0) is 42.0 Å². The van der Waals surface area contributed by atoms with Gasteiger partial charge in [-0.2, -0.15) is 0 Å². The smallest absolute Gasteiger partial charge is 0.300 e. The van der Waals surface area contributed by atoms with Gasteiger partial charge < -0.3 is 20.3 Å². The minimum Gasteiger partial charge on any atom is -0.507 e. The van der Waals surface area contributed by atoms with Crippen molar-refractivity contribution in [2.24, 2.45) is 0 Å². The number of amides is 2. The second-order valence-electron chi connectivity index (χ2n) is 9.13. The molecule has 37 heavy (non-hydrogen) atoms. The largest absolute Gasteiger partial charge is 0.507 e. The second-order valence-corrected chi connectivity index (χ2v) is 9.13. The Balaban J connectivity index is 1.71. The highest BCUT2D eigenvalue weighted by Gasteiger charge is 2.47. The van der Waals surface area contributed by atoms with E-state index in [2.05, 4.69) is 10.3 Å². The molecule has 1 aliphatic heterocycles. The third kappa shape index (κ3) is 4.23. The predicted molar refractivity (Wildman–Crippen MR) is 145 cm³/mol. The Morgan fingerprint density at radius 3 is 2.43 bits per heavy atom. The number of rotatable bonds is 5. The van der Waals surface area contributed by atoms with Crippen LogP contribution in [0.25, 0.3) is 16.7 Å². The number of ketones is 1. The molecule has 186 valence electrons. The maximum Gasteiger partial charge on any atom is 0.300 e. The van der Waals surface area contributed by atoms with Gasteiger partial charge in [0.15, 0.2) is 0 Å². The van der Waals surface area contributed by atoms with Gasteiger partial charge in [-0.1, -0.05) is 36.4 Å². The van der Waals surface area contributed by atoms with Crippen molar-refractivity contribution in [2.45, 2.75) is 13.0 Å². The molecule has 3 aromatic carbocycles. The molecule has 5 rings (SSSR count). The van der Waals surface area contributed by atoms with Crippen molar-refractivity contribution >= 4 is 51.3 Å². The monoisotopic (exact) mass is 494 g/mol. The van der Waals surface area contributed by atoms with E-state index in [0.717, 1.165) is 16.6 Å². The lowest BCUT2D eigenvalue weighted by atomic mass is 9.94. The molecular formula is C29H26N4O4.